The number of aliphatic hydroxyl groups is 1. The molecule has 0 saturated carbocycles. The fraction of sp³-hybridized carbons (Fsp3) is 0.391. The van der Waals surface area contributed by atoms with Gasteiger partial charge in [-0.05, 0) is 44.0 Å². The summed E-state index contributed by atoms with van der Waals surface area (Å²) in [5.41, 5.74) is -1.60. The van der Waals surface area contributed by atoms with E-state index in [4.69, 9.17) is 4.74 Å². The molecule has 6 nitrogen and oxygen atoms in total. The van der Waals surface area contributed by atoms with Gasteiger partial charge in [0.25, 0.3) is 0 Å². The molecule has 0 amide bonds. The topological polar surface area (TPSA) is 63.4 Å². The fourth-order valence-corrected chi connectivity index (χ4v) is 4.64. The molecule has 2 atom stereocenters. The van der Waals surface area contributed by atoms with Gasteiger partial charge in [0.1, 0.15) is 41.7 Å². The van der Waals surface area contributed by atoms with Crippen molar-refractivity contribution in [3.8, 4) is 5.75 Å². The van der Waals surface area contributed by atoms with E-state index < -0.39 is 23.3 Å². The van der Waals surface area contributed by atoms with E-state index in [1.807, 2.05) is 31.2 Å². The SMILES string of the molecule is C[C@@H](N1CCC(Oc2cccc(Br)c2)CC1)[C@](O)(Cn1cncn1)c1ccc(F)cc1F. The van der Waals surface area contributed by atoms with Gasteiger partial charge >= 0.3 is 0 Å². The molecule has 170 valence electrons. The Hall–Kier alpha value is -2.36. The zero-order valence-electron chi connectivity index (χ0n) is 17.7. The molecule has 0 bridgehead atoms. The Labute approximate surface area is 194 Å². The molecule has 4 rings (SSSR count). The Morgan fingerprint density at radius 1 is 1.22 bits per heavy atom. The number of hydrogen-bond donors (Lipinski definition) is 1. The van der Waals surface area contributed by atoms with Gasteiger partial charge in [-0.25, -0.2) is 18.4 Å². The quantitative estimate of drug-likeness (QED) is 0.521. The van der Waals surface area contributed by atoms with E-state index in [1.165, 1.54) is 23.4 Å². The normalized spacial score (nSPS) is 18.3. The van der Waals surface area contributed by atoms with E-state index in [0.29, 0.717) is 13.1 Å². The zero-order chi connectivity index (χ0) is 22.7. The maximum Gasteiger partial charge on any atom is 0.137 e. The fourth-order valence-electron chi connectivity index (χ4n) is 4.26. The minimum atomic E-state index is -1.64. The molecule has 2 aromatic carbocycles. The molecular weight excluding hydrogens is 482 g/mol. The van der Waals surface area contributed by atoms with Gasteiger partial charge in [-0.2, -0.15) is 5.10 Å². The summed E-state index contributed by atoms with van der Waals surface area (Å²) in [6, 6.07) is 10.5. The van der Waals surface area contributed by atoms with Crippen molar-refractivity contribution >= 4 is 15.9 Å². The van der Waals surface area contributed by atoms with Crippen LogP contribution < -0.4 is 4.74 Å². The van der Waals surface area contributed by atoms with Gasteiger partial charge < -0.3 is 9.84 Å². The summed E-state index contributed by atoms with van der Waals surface area (Å²) < 4.78 is 36.8. The lowest BCUT2D eigenvalue weighted by molar-refractivity contribution is -0.0747. The molecule has 1 aliphatic rings. The highest BCUT2D eigenvalue weighted by atomic mass is 79.9. The second kappa shape index (κ2) is 9.64. The minimum absolute atomic E-state index is 0.00874. The second-order valence-corrected chi connectivity index (χ2v) is 9.04. The molecule has 32 heavy (non-hydrogen) atoms. The van der Waals surface area contributed by atoms with Crippen molar-refractivity contribution in [2.75, 3.05) is 13.1 Å². The van der Waals surface area contributed by atoms with E-state index in [-0.39, 0.29) is 18.2 Å². The van der Waals surface area contributed by atoms with Crippen molar-refractivity contribution in [2.45, 2.75) is 44.1 Å². The summed E-state index contributed by atoms with van der Waals surface area (Å²) in [7, 11) is 0. The summed E-state index contributed by atoms with van der Waals surface area (Å²) in [4.78, 5) is 6.03. The van der Waals surface area contributed by atoms with Crippen LogP contribution in [-0.4, -0.2) is 50.0 Å². The van der Waals surface area contributed by atoms with Gasteiger partial charge in [0, 0.05) is 35.2 Å². The first-order chi connectivity index (χ1) is 15.3. The van der Waals surface area contributed by atoms with Crippen molar-refractivity contribution in [3.05, 3.63) is 76.8 Å². The number of ether oxygens (including phenoxy) is 1. The number of nitrogens with zero attached hydrogens (tertiary/aromatic N) is 4. The molecule has 0 radical (unpaired) electrons. The standard InChI is InChI=1S/C23H25BrF2N4O2/c1-16(29-9-7-19(8-10-29)32-20-4-2-3-17(24)11-20)23(31,13-30-15-27-14-28-30)21-6-5-18(25)12-22(21)26/h2-6,11-12,14-16,19,31H,7-10,13H2,1H3/t16-,23-/m1/s1. The average molecular weight is 507 g/mol. The van der Waals surface area contributed by atoms with Crippen LogP contribution in [0.25, 0.3) is 0 Å². The van der Waals surface area contributed by atoms with Crippen LogP contribution in [0, 0.1) is 11.6 Å². The highest BCUT2D eigenvalue weighted by molar-refractivity contribution is 9.10. The molecule has 1 aromatic heterocycles. The Morgan fingerprint density at radius 3 is 2.66 bits per heavy atom. The maximum atomic E-state index is 14.8. The van der Waals surface area contributed by atoms with Crippen LogP contribution in [0.4, 0.5) is 8.78 Å². The van der Waals surface area contributed by atoms with E-state index in [2.05, 4.69) is 30.9 Å². The minimum Gasteiger partial charge on any atom is -0.490 e. The third-order valence-corrected chi connectivity index (χ3v) is 6.57. The molecule has 1 aliphatic heterocycles. The van der Waals surface area contributed by atoms with Crippen LogP contribution in [0.5, 0.6) is 5.75 Å². The summed E-state index contributed by atoms with van der Waals surface area (Å²) in [6.45, 7) is 3.19. The third-order valence-electron chi connectivity index (χ3n) is 6.08. The number of benzene rings is 2. The molecule has 1 saturated heterocycles. The monoisotopic (exact) mass is 506 g/mol. The lowest BCUT2D eigenvalue weighted by Gasteiger charge is -2.44. The highest BCUT2D eigenvalue weighted by Crippen LogP contribution is 2.34. The molecule has 0 aliphatic carbocycles. The van der Waals surface area contributed by atoms with Crippen molar-refractivity contribution in [1.29, 1.82) is 0 Å². The van der Waals surface area contributed by atoms with Crippen LogP contribution in [-0.2, 0) is 12.1 Å². The summed E-state index contributed by atoms with van der Waals surface area (Å²) in [6.07, 6.45) is 4.41. The Balaban J connectivity index is 1.51. The van der Waals surface area contributed by atoms with Crippen LogP contribution in [0.2, 0.25) is 0 Å². The van der Waals surface area contributed by atoms with E-state index >= 15 is 0 Å². The van der Waals surface area contributed by atoms with E-state index in [1.54, 1.807) is 0 Å². The van der Waals surface area contributed by atoms with E-state index in [0.717, 1.165) is 35.2 Å². The smallest absolute Gasteiger partial charge is 0.137 e. The summed E-state index contributed by atoms with van der Waals surface area (Å²) in [5.74, 6) is -0.665. The number of halogens is 3. The van der Waals surface area contributed by atoms with Crippen molar-refractivity contribution < 1.29 is 18.6 Å². The molecular formula is C23H25BrF2N4O2. The van der Waals surface area contributed by atoms with Crippen LogP contribution in [0.3, 0.4) is 0 Å². The van der Waals surface area contributed by atoms with Crippen LogP contribution >= 0.6 is 15.9 Å². The first-order valence-corrected chi connectivity index (χ1v) is 11.3. The Bertz CT molecular complexity index is 1040. The van der Waals surface area contributed by atoms with Gasteiger partial charge in [-0.15, -0.1) is 0 Å². The number of aromatic nitrogens is 3. The zero-order valence-corrected chi connectivity index (χ0v) is 19.3. The molecule has 1 N–H and O–H groups in total. The molecule has 2 heterocycles. The van der Waals surface area contributed by atoms with E-state index in [9.17, 15) is 13.9 Å². The Morgan fingerprint density at radius 2 is 2.00 bits per heavy atom. The van der Waals surface area contributed by atoms with Gasteiger partial charge in [0.2, 0.25) is 0 Å². The predicted octanol–water partition coefficient (Wildman–Crippen LogP) is 4.14. The second-order valence-electron chi connectivity index (χ2n) is 8.13. The number of likely N-dealkylation sites (tertiary alicyclic amines) is 1. The van der Waals surface area contributed by atoms with Crippen molar-refractivity contribution in [1.82, 2.24) is 19.7 Å². The van der Waals surface area contributed by atoms with Crippen molar-refractivity contribution in [2.24, 2.45) is 0 Å². The van der Waals surface area contributed by atoms with Gasteiger partial charge in [0.15, 0.2) is 0 Å². The van der Waals surface area contributed by atoms with Crippen LogP contribution in [0.1, 0.15) is 25.3 Å². The summed E-state index contributed by atoms with van der Waals surface area (Å²) >= 11 is 3.45. The van der Waals surface area contributed by atoms with Crippen molar-refractivity contribution in [3.63, 3.8) is 0 Å². The highest BCUT2D eigenvalue weighted by Gasteiger charge is 2.43. The average Bonchev–Trinajstić information content (AvgIpc) is 3.26. The number of rotatable bonds is 7. The third kappa shape index (κ3) is 5.00. The molecule has 1 fully saturated rings. The molecule has 9 heteroatoms. The number of piperidine rings is 1. The van der Waals surface area contributed by atoms with Crippen LogP contribution in [0.15, 0.2) is 59.6 Å². The summed E-state index contributed by atoms with van der Waals surface area (Å²) in [5, 5.41) is 15.8. The van der Waals surface area contributed by atoms with Gasteiger partial charge in [-0.1, -0.05) is 28.1 Å². The lowest BCUT2D eigenvalue weighted by Crippen LogP contribution is -2.54. The van der Waals surface area contributed by atoms with Gasteiger partial charge in [0.05, 0.1) is 6.54 Å². The first-order valence-electron chi connectivity index (χ1n) is 10.5. The number of hydrogen-bond acceptors (Lipinski definition) is 5. The predicted molar refractivity (Wildman–Crippen MR) is 119 cm³/mol. The molecule has 3 aromatic rings. The maximum absolute atomic E-state index is 14.8. The molecule has 0 unspecified atom stereocenters. The first kappa shape index (κ1) is 22.8. The lowest BCUT2D eigenvalue weighted by atomic mass is 9.84. The van der Waals surface area contributed by atoms with Gasteiger partial charge in [-0.3, -0.25) is 4.90 Å². The largest absolute Gasteiger partial charge is 0.490 e. The molecule has 0 spiro atoms. The Kier molecular flexibility index (Phi) is 6.88.